The predicted octanol–water partition coefficient (Wildman–Crippen LogP) is 2.16. The van der Waals surface area contributed by atoms with Gasteiger partial charge in [0.25, 0.3) is 0 Å². The Morgan fingerprint density at radius 1 is 1.27 bits per heavy atom. The molecule has 0 radical (unpaired) electrons. The molecule has 6 nitrogen and oxygen atoms in total. The van der Waals surface area contributed by atoms with Gasteiger partial charge in [-0.3, -0.25) is 9.59 Å². The van der Waals surface area contributed by atoms with E-state index in [4.69, 9.17) is 10.2 Å². The minimum atomic E-state index is -1.08. The number of nitrogens with zero attached hydrogens (tertiary/aromatic N) is 1. The fraction of sp³-hybridized carbons (Fsp3) is 0.438. The fourth-order valence-electron chi connectivity index (χ4n) is 2.24. The third-order valence-electron chi connectivity index (χ3n) is 3.82. The van der Waals surface area contributed by atoms with E-state index in [1.807, 2.05) is 0 Å². The van der Waals surface area contributed by atoms with Gasteiger partial charge in [0.1, 0.15) is 0 Å². The SMILES string of the molecule is Cc1ccc(C(=O)O)cc1N(CC(C)C(=O)O)C(=O)C1CC1. The van der Waals surface area contributed by atoms with Crippen LogP contribution in [0.2, 0.25) is 0 Å². The average Bonchev–Trinajstić information content (AvgIpc) is 3.28. The summed E-state index contributed by atoms with van der Waals surface area (Å²) in [5, 5.41) is 18.2. The van der Waals surface area contributed by atoms with Gasteiger partial charge in [0.15, 0.2) is 0 Å². The molecule has 1 aromatic carbocycles. The number of rotatable bonds is 6. The Bertz CT molecular complexity index is 621. The summed E-state index contributed by atoms with van der Waals surface area (Å²) in [4.78, 5) is 36.1. The van der Waals surface area contributed by atoms with Crippen LogP contribution in [0.3, 0.4) is 0 Å². The van der Waals surface area contributed by atoms with Crippen LogP contribution in [0.1, 0.15) is 35.7 Å². The van der Waals surface area contributed by atoms with Gasteiger partial charge < -0.3 is 15.1 Å². The van der Waals surface area contributed by atoms with Crippen LogP contribution in [0.15, 0.2) is 18.2 Å². The Morgan fingerprint density at radius 3 is 2.41 bits per heavy atom. The molecule has 6 heteroatoms. The van der Waals surface area contributed by atoms with E-state index in [0.717, 1.165) is 18.4 Å². The van der Waals surface area contributed by atoms with Crippen molar-refractivity contribution in [3.63, 3.8) is 0 Å². The molecule has 0 saturated heterocycles. The van der Waals surface area contributed by atoms with E-state index >= 15 is 0 Å². The number of aryl methyl sites for hydroxylation is 1. The maximum Gasteiger partial charge on any atom is 0.335 e. The van der Waals surface area contributed by atoms with E-state index in [1.165, 1.54) is 24.0 Å². The Morgan fingerprint density at radius 2 is 1.91 bits per heavy atom. The van der Waals surface area contributed by atoms with Crippen LogP contribution in [-0.2, 0) is 9.59 Å². The molecule has 1 fully saturated rings. The monoisotopic (exact) mass is 305 g/mol. The molecule has 1 unspecified atom stereocenters. The first-order valence-corrected chi connectivity index (χ1v) is 7.19. The van der Waals surface area contributed by atoms with Gasteiger partial charge in [-0.25, -0.2) is 4.79 Å². The number of carboxylic acid groups (broad SMARTS) is 2. The highest BCUT2D eigenvalue weighted by Gasteiger charge is 2.35. The molecule has 0 aromatic heterocycles. The van der Waals surface area contributed by atoms with Gasteiger partial charge in [0, 0.05) is 18.2 Å². The maximum atomic E-state index is 12.5. The van der Waals surface area contributed by atoms with Gasteiger partial charge >= 0.3 is 11.9 Å². The smallest absolute Gasteiger partial charge is 0.335 e. The minimum absolute atomic E-state index is 0.0363. The zero-order valence-corrected chi connectivity index (χ0v) is 12.6. The first kappa shape index (κ1) is 16.0. The second-order valence-electron chi connectivity index (χ2n) is 5.77. The zero-order valence-electron chi connectivity index (χ0n) is 12.6. The highest BCUT2D eigenvalue weighted by molar-refractivity contribution is 5.99. The molecule has 2 rings (SSSR count). The highest BCUT2D eigenvalue weighted by atomic mass is 16.4. The number of hydrogen-bond donors (Lipinski definition) is 2. The normalized spacial score (nSPS) is 15.2. The van der Waals surface area contributed by atoms with Crippen LogP contribution >= 0.6 is 0 Å². The Hall–Kier alpha value is -2.37. The van der Waals surface area contributed by atoms with Gasteiger partial charge in [-0.2, -0.15) is 0 Å². The summed E-state index contributed by atoms with van der Waals surface area (Å²) in [5.41, 5.74) is 1.30. The van der Waals surface area contributed by atoms with Crippen molar-refractivity contribution in [2.75, 3.05) is 11.4 Å². The molecule has 1 aliphatic rings. The summed E-state index contributed by atoms with van der Waals surface area (Å²) in [6, 6.07) is 4.55. The maximum absolute atomic E-state index is 12.5. The average molecular weight is 305 g/mol. The lowest BCUT2D eigenvalue weighted by Crippen LogP contribution is -2.38. The minimum Gasteiger partial charge on any atom is -0.481 e. The van der Waals surface area contributed by atoms with Crippen molar-refractivity contribution in [2.24, 2.45) is 11.8 Å². The lowest BCUT2D eigenvalue weighted by Gasteiger charge is -2.26. The van der Waals surface area contributed by atoms with Crippen LogP contribution in [0, 0.1) is 18.8 Å². The molecular formula is C16H19NO5. The number of aromatic carboxylic acids is 1. The number of carbonyl (C=O) groups excluding carboxylic acids is 1. The van der Waals surface area contributed by atoms with Crippen LogP contribution < -0.4 is 4.90 Å². The van der Waals surface area contributed by atoms with E-state index in [9.17, 15) is 14.4 Å². The van der Waals surface area contributed by atoms with Crippen molar-refractivity contribution in [3.05, 3.63) is 29.3 Å². The molecule has 22 heavy (non-hydrogen) atoms. The number of hydrogen-bond acceptors (Lipinski definition) is 3. The molecular weight excluding hydrogens is 286 g/mol. The van der Waals surface area contributed by atoms with Crippen molar-refractivity contribution < 1.29 is 24.6 Å². The molecule has 0 aliphatic heterocycles. The third kappa shape index (κ3) is 3.44. The summed E-state index contributed by atoms with van der Waals surface area (Å²) in [7, 11) is 0. The van der Waals surface area contributed by atoms with Gasteiger partial charge in [-0.05, 0) is 37.5 Å². The van der Waals surface area contributed by atoms with Crippen molar-refractivity contribution in [3.8, 4) is 0 Å². The zero-order chi connectivity index (χ0) is 16.4. The lowest BCUT2D eigenvalue weighted by molar-refractivity contribution is -0.140. The number of carboxylic acids is 2. The molecule has 2 N–H and O–H groups in total. The molecule has 1 amide bonds. The molecule has 1 saturated carbocycles. The van der Waals surface area contributed by atoms with Crippen molar-refractivity contribution in [1.82, 2.24) is 0 Å². The van der Waals surface area contributed by atoms with Crippen LogP contribution in [0.4, 0.5) is 5.69 Å². The van der Waals surface area contributed by atoms with E-state index in [2.05, 4.69) is 0 Å². The topological polar surface area (TPSA) is 94.9 Å². The van der Waals surface area contributed by atoms with Crippen molar-refractivity contribution in [2.45, 2.75) is 26.7 Å². The first-order valence-electron chi connectivity index (χ1n) is 7.19. The molecule has 118 valence electrons. The van der Waals surface area contributed by atoms with Crippen LogP contribution in [-0.4, -0.2) is 34.6 Å². The summed E-state index contributed by atoms with van der Waals surface area (Å²) >= 11 is 0. The Labute approximate surface area is 128 Å². The van der Waals surface area contributed by atoms with E-state index in [0.29, 0.717) is 5.69 Å². The summed E-state index contributed by atoms with van der Waals surface area (Å²) in [5.74, 6) is -2.99. The van der Waals surface area contributed by atoms with Gasteiger partial charge in [-0.1, -0.05) is 13.0 Å². The number of aliphatic carboxylic acids is 1. The molecule has 1 atom stereocenters. The number of anilines is 1. The molecule has 0 heterocycles. The van der Waals surface area contributed by atoms with Crippen molar-refractivity contribution in [1.29, 1.82) is 0 Å². The third-order valence-corrected chi connectivity index (χ3v) is 3.82. The summed E-state index contributed by atoms with van der Waals surface area (Å²) in [6.45, 7) is 3.35. The summed E-state index contributed by atoms with van der Waals surface area (Å²) in [6.07, 6.45) is 1.60. The highest BCUT2D eigenvalue weighted by Crippen LogP contribution is 2.34. The number of amides is 1. The summed E-state index contributed by atoms with van der Waals surface area (Å²) < 4.78 is 0. The second kappa shape index (κ2) is 6.17. The quantitative estimate of drug-likeness (QED) is 0.839. The number of carbonyl (C=O) groups is 3. The molecule has 0 spiro atoms. The van der Waals surface area contributed by atoms with E-state index < -0.39 is 17.9 Å². The largest absolute Gasteiger partial charge is 0.481 e. The lowest BCUT2D eigenvalue weighted by atomic mass is 10.1. The van der Waals surface area contributed by atoms with Gasteiger partial charge in [0.05, 0.1) is 11.5 Å². The molecule has 1 aromatic rings. The Kier molecular flexibility index (Phi) is 4.49. The molecule has 1 aliphatic carbocycles. The first-order chi connectivity index (χ1) is 10.3. The van der Waals surface area contributed by atoms with Gasteiger partial charge in [0.2, 0.25) is 5.91 Å². The van der Waals surface area contributed by atoms with E-state index in [1.54, 1.807) is 13.0 Å². The fourth-order valence-corrected chi connectivity index (χ4v) is 2.24. The van der Waals surface area contributed by atoms with Crippen LogP contribution in [0.5, 0.6) is 0 Å². The van der Waals surface area contributed by atoms with Crippen LogP contribution in [0.25, 0.3) is 0 Å². The Balaban J connectivity index is 2.39. The number of benzene rings is 1. The predicted molar refractivity (Wildman–Crippen MR) is 80.0 cm³/mol. The van der Waals surface area contributed by atoms with E-state index in [-0.39, 0.29) is 23.9 Å². The molecule has 0 bridgehead atoms. The van der Waals surface area contributed by atoms with Crippen molar-refractivity contribution >= 4 is 23.5 Å². The second-order valence-corrected chi connectivity index (χ2v) is 5.77. The standard InChI is InChI=1S/C16H19NO5/c1-9-3-4-12(16(21)22)7-13(9)17(8-10(2)15(19)20)14(18)11-5-6-11/h3-4,7,10-11H,5-6,8H2,1-2H3,(H,19,20)(H,21,22). The van der Waals surface area contributed by atoms with Gasteiger partial charge in [-0.15, -0.1) is 0 Å².